The molecule has 3 aromatic rings. The number of rotatable bonds is 9. The average molecular weight is 465 g/mol. The van der Waals surface area contributed by atoms with Crippen molar-refractivity contribution in [3.8, 4) is 5.75 Å². The van der Waals surface area contributed by atoms with Crippen LogP contribution in [-0.4, -0.2) is 26.4 Å². The smallest absolute Gasteiger partial charge is 0.230 e. The molecule has 1 aromatic heterocycles. The van der Waals surface area contributed by atoms with E-state index in [2.05, 4.69) is 15.5 Å². The summed E-state index contributed by atoms with van der Waals surface area (Å²) < 4.78 is 7.77. The summed E-state index contributed by atoms with van der Waals surface area (Å²) in [7, 11) is 0. The minimum Gasteiger partial charge on any atom is -0.486 e. The van der Waals surface area contributed by atoms with E-state index in [0.717, 1.165) is 16.9 Å². The number of halogens is 2. The van der Waals surface area contributed by atoms with Crippen LogP contribution >= 0.6 is 35.0 Å². The van der Waals surface area contributed by atoms with Gasteiger partial charge in [0.05, 0.1) is 5.75 Å². The van der Waals surface area contributed by atoms with Crippen molar-refractivity contribution in [2.75, 3.05) is 5.75 Å². The van der Waals surface area contributed by atoms with Gasteiger partial charge < -0.3 is 14.6 Å². The summed E-state index contributed by atoms with van der Waals surface area (Å²) in [6.07, 6.45) is 0. The van der Waals surface area contributed by atoms with Gasteiger partial charge in [0.25, 0.3) is 0 Å². The Morgan fingerprint density at radius 2 is 1.93 bits per heavy atom. The van der Waals surface area contributed by atoms with Gasteiger partial charge in [-0.15, -0.1) is 10.2 Å². The first-order chi connectivity index (χ1) is 14.5. The van der Waals surface area contributed by atoms with Gasteiger partial charge >= 0.3 is 0 Å². The fourth-order valence-electron chi connectivity index (χ4n) is 2.69. The maximum absolute atomic E-state index is 12.2. The lowest BCUT2D eigenvalue weighted by atomic mass is 10.2. The molecule has 0 aliphatic carbocycles. The second-order valence-corrected chi connectivity index (χ2v) is 8.32. The predicted molar refractivity (Wildman–Crippen MR) is 120 cm³/mol. The fraction of sp³-hybridized carbons (Fsp3) is 0.286. The Bertz CT molecular complexity index is 1010. The molecule has 0 unspecified atom stereocenters. The van der Waals surface area contributed by atoms with Crippen molar-refractivity contribution in [2.45, 2.75) is 38.7 Å². The van der Waals surface area contributed by atoms with Crippen molar-refractivity contribution in [1.29, 1.82) is 0 Å². The van der Waals surface area contributed by atoms with Gasteiger partial charge in [-0.1, -0.05) is 47.1 Å². The van der Waals surface area contributed by atoms with E-state index in [4.69, 9.17) is 27.9 Å². The third-order valence-corrected chi connectivity index (χ3v) is 5.99. The Morgan fingerprint density at radius 1 is 1.17 bits per heavy atom. The zero-order chi connectivity index (χ0) is 21.5. The van der Waals surface area contributed by atoms with Gasteiger partial charge in [0, 0.05) is 23.1 Å². The number of ether oxygens (including phenoxy) is 1. The van der Waals surface area contributed by atoms with Gasteiger partial charge in [-0.25, -0.2) is 0 Å². The number of nitrogens with zero attached hydrogens (tertiary/aromatic N) is 3. The van der Waals surface area contributed by atoms with Gasteiger partial charge in [-0.05, 0) is 55.3 Å². The molecule has 30 heavy (non-hydrogen) atoms. The molecule has 0 aliphatic heterocycles. The van der Waals surface area contributed by atoms with E-state index in [1.807, 2.05) is 42.7 Å². The molecule has 0 aliphatic rings. The molecule has 158 valence electrons. The minimum atomic E-state index is -0.0740. The standard InChI is InChI=1S/C21H22Cl2N4O2S/c1-3-27-19(12-29-17-8-9-18(23)14(2)10-17)25-26-21(27)30-13-20(28)24-11-15-4-6-16(22)7-5-15/h4-10H,3,11-13H2,1-2H3,(H,24,28). The van der Waals surface area contributed by atoms with E-state index in [1.54, 1.807) is 18.2 Å². The summed E-state index contributed by atoms with van der Waals surface area (Å²) in [5.41, 5.74) is 1.94. The second kappa shape index (κ2) is 10.7. The maximum atomic E-state index is 12.2. The zero-order valence-corrected chi connectivity index (χ0v) is 19.0. The summed E-state index contributed by atoms with van der Waals surface area (Å²) in [6.45, 7) is 5.35. The molecule has 0 bridgehead atoms. The lowest BCUT2D eigenvalue weighted by Crippen LogP contribution is -2.24. The molecule has 3 rings (SSSR count). The molecule has 0 atom stereocenters. The molecule has 0 saturated carbocycles. The average Bonchev–Trinajstić information content (AvgIpc) is 3.14. The maximum Gasteiger partial charge on any atom is 0.230 e. The molecule has 9 heteroatoms. The number of benzene rings is 2. The zero-order valence-electron chi connectivity index (χ0n) is 16.7. The monoisotopic (exact) mass is 464 g/mol. The summed E-state index contributed by atoms with van der Waals surface area (Å²) >= 11 is 13.3. The summed E-state index contributed by atoms with van der Waals surface area (Å²) in [5.74, 6) is 1.60. The van der Waals surface area contributed by atoms with Gasteiger partial charge in [-0.3, -0.25) is 4.79 Å². The number of amides is 1. The Morgan fingerprint density at radius 3 is 2.63 bits per heavy atom. The Balaban J connectivity index is 1.52. The van der Waals surface area contributed by atoms with Crippen molar-refractivity contribution in [3.63, 3.8) is 0 Å². The quantitative estimate of drug-likeness (QED) is 0.456. The number of aryl methyl sites for hydroxylation is 1. The highest BCUT2D eigenvalue weighted by molar-refractivity contribution is 7.99. The normalized spacial score (nSPS) is 10.8. The molecule has 0 spiro atoms. The molecule has 1 N–H and O–H groups in total. The van der Waals surface area contributed by atoms with Crippen LogP contribution in [0.15, 0.2) is 47.6 Å². The van der Waals surface area contributed by atoms with Crippen LogP contribution in [0.3, 0.4) is 0 Å². The van der Waals surface area contributed by atoms with Crippen LogP contribution in [0.5, 0.6) is 5.75 Å². The highest BCUT2D eigenvalue weighted by Gasteiger charge is 2.14. The largest absolute Gasteiger partial charge is 0.486 e. The van der Waals surface area contributed by atoms with Gasteiger partial charge in [0.15, 0.2) is 11.0 Å². The van der Waals surface area contributed by atoms with Crippen LogP contribution in [0.1, 0.15) is 23.9 Å². The molecule has 2 aromatic carbocycles. The SMILES string of the molecule is CCn1c(COc2ccc(Cl)c(C)c2)nnc1SCC(=O)NCc1ccc(Cl)cc1. The fourth-order valence-corrected chi connectivity index (χ4v) is 3.78. The predicted octanol–water partition coefficient (Wildman–Crippen LogP) is 4.90. The number of nitrogens with one attached hydrogen (secondary N) is 1. The van der Waals surface area contributed by atoms with Gasteiger partial charge in [0.2, 0.25) is 5.91 Å². The molecular weight excluding hydrogens is 443 g/mol. The van der Waals surface area contributed by atoms with Crippen LogP contribution < -0.4 is 10.1 Å². The van der Waals surface area contributed by atoms with Crippen molar-refractivity contribution in [3.05, 3.63) is 69.5 Å². The molecule has 6 nitrogen and oxygen atoms in total. The van der Waals surface area contributed by atoms with Crippen LogP contribution in [-0.2, 0) is 24.5 Å². The summed E-state index contributed by atoms with van der Waals surface area (Å²) in [5, 5.41) is 13.4. The first-order valence-electron chi connectivity index (χ1n) is 9.41. The number of thioether (sulfide) groups is 1. The first-order valence-corrected chi connectivity index (χ1v) is 11.2. The van der Waals surface area contributed by atoms with E-state index in [1.165, 1.54) is 11.8 Å². The third kappa shape index (κ3) is 6.14. The van der Waals surface area contributed by atoms with Crippen molar-refractivity contribution in [2.24, 2.45) is 0 Å². The second-order valence-electron chi connectivity index (χ2n) is 6.53. The van der Waals surface area contributed by atoms with Gasteiger partial charge in [0.1, 0.15) is 12.4 Å². The van der Waals surface area contributed by atoms with Crippen LogP contribution in [0.2, 0.25) is 10.0 Å². The lowest BCUT2D eigenvalue weighted by Gasteiger charge is -2.10. The van der Waals surface area contributed by atoms with E-state index in [-0.39, 0.29) is 18.3 Å². The van der Waals surface area contributed by atoms with E-state index in [0.29, 0.717) is 34.1 Å². The van der Waals surface area contributed by atoms with Crippen LogP contribution in [0.25, 0.3) is 0 Å². The Kier molecular flexibility index (Phi) is 8.01. The number of hydrogen-bond donors (Lipinski definition) is 1. The van der Waals surface area contributed by atoms with E-state index in [9.17, 15) is 4.79 Å². The van der Waals surface area contributed by atoms with Crippen molar-refractivity contribution in [1.82, 2.24) is 20.1 Å². The Labute approximate surface area is 189 Å². The Hall–Kier alpha value is -2.22. The molecule has 1 heterocycles. The number of carbonyl (C=O) groups excluding carboxylic acids is 1. The highest BCUT2D eigenvalue weighted by Crippen LogP contribution is 2.22. The number of carbonyl (C=O) groups is 1. The van der Waals surface area contributed by atoms with E-state index < -0.39 is 0 Å². The molecular formula is C21H22Cl2N4O2S. The highest BCUT2D eigenvalue weighted by atomic mass is 35.5. The number of aromatic nitrogens is 3. The molecule has 1 amide bonds. The minimum absolute atomic E-state index is 0.0740. The summed E-state index contributed by atoms with van der Waals surface area (Å²) in [6, 6.07) is 12.9. The van der Waals surface area contributed by atoms with E-state index >= 15 is 0 Å². The third-order valence-electron chi connectivity index (χ3n) is 4.34. The lowest BCUT2D eigenvalue weighted by molar-refractivity contribution is -0.118. The van der Waals surface area contributed by atoms with Crippen LogP contribution in [0, 0.1) is 6.92 Å². The van der Waals surface area contributed by atoms with Crippen molar-refractivity contribution < 1.29 is 9.53 Å². The molecule has 0 fully saturated rings. The summed E-state index contributed by atoms with van der Waals surface area (Å²) in [4.78, 5) is 12.2. The first kappa shape index (κ1) is 22.5. The van der Waals surface area contributed by atoms with Gasteiger partial charge in [-0.2, -0.15) is 0 Å². The van der Waals surface area contributed by atoms with Crippen LogP contribution in [0.4, 0.5) is 0 Å². The van der Waals surface area contributed by atoms with Crippen molar-refractivity contribution >= 4 is 40.9 Å². The topological polar surface area (TPSA) is 69.0 Å². The molecule has 0 saturated heterocycles. The molecule has 0 radical (unpaired) electrons. The number of hydrogen-bond acceptors (Lipinski definition) is 5.